The van der Waals surface area contributed by atoms with E-state index in [4.69, 9.17) is 4.74 Å². The number of carbonyl (C=O) groups excluding carboxylic acids is 2. The zero-order valence-corrected chi connectivity index (χ0v) is 20.7. The summed E-state index contributed by atoms with van der Waals surface area (Å²) in [5.41, 5.74) is 3.72. The molecule has 1 aliphatic heterocycles. The smallest absolute Gasteiger partial charge is 0.283 e. The minimum Gasteiger partial charge on any atom is -0.457 e. The van der Waals surface area contributed by atoms with Crippen LogP contribution in [0.25, 0.3) is 0 Å². The molecule has 0 bridgehead atoms. The van der Waals surface area contributed by atoms with E-state index < -0.39 is 5.91 Å². The first-order valence-corrected chi connectivity index (χ1v) is 12.3. The largest absolute Gasteiger partial charge is 0.457 e. The van der Waals surface area contributed by atoms with Crippen molar-refractivity contribution in [3.05, 3.63) is 125 Å². The van der Waals surface area contributed by atoms with Gasteiger partial charge in [-0.15, -0.1) is 0 Å². The van der Waals surface area contributed by atoms with Crippen molar-refractivity contribution in [2.24, 2.45) is 0 Å². The summed E-state index contributed by atoms with van der Waals surface area (Å²) in [6.07, 6.45) is 0. The Labute approximate surface area is 214 Å². The molecule has 178 valence electrons. The average molecular weight is 493 g/mol. The molecule has 1 aliphatic rings. The van der Waals surface area contributed by atoms with Crippen molar-refractivity contribution in [1.29, 1.82) is 0 Å². The molecule has 6 heteroatoms. The Morgan fingerprint density at radius 3 is 1.89 bits per heavy atom. The number of benzene rings is 4. The van der Waals surface area contributed by atoms with Gasteiger partial charge < -0.3 is 10.1 Å². The zero-order chi connectivity index (χ0) is 25.1. The summed E-state index contributed by atoms with van der Waals surface area (Å²) in [5, 5.41) is 3.20. The summed E-state index contributed by atoms with van der Waals surface area (Å²) in [7, 11) is 0. The second-order valence-corrected chi connectivity index (χ2v) is 9.55. The first-order chi connectivity index (χ1) is 17.5. The molecule has 2 amide bonds. The fraction of sp³-hybridized carbons (Fsp3) is 0.0667. The monoisotopic (exact) mass is 492 g/mol. The van der Waals surface area contributed by atoms with E-state index in [2.05, 4.69) is 5.32 Å². The van der Waals surface area contributed by atoms with Crippen LogP contribution in [0, 0.1) is 13.8 Å². The molecular weight excluding hydrogens is 468 g/mol. The third-order valence-electron chi connectivity index (χ3n) is 5.68. The zero-order valence-electron chi connectivity index (χ0n) is 19.9. The van der Waals surface area contributed by atoms with Crippen LogP contribution in [0.3, 0.4) is 0 Å². The molecule has 0 aromatic heterocycles. The van der Waals surface area contributed by atoms with E-state index in [-0.39, 0.29) is 11.6 Å². The molecule has 0 atom stereocenters. The number of imide groups is 1. The maximum atomic E-state index is 13.6. The van der Waals surface area contributed by atoms with Crippen LogP contribution in [0.15, 0.2) is 119 Å². The van der Waals surface area contributed by atoms with Crippen molar-refractivity contribution < 1.29 is 14.3 Å². The van der Waals surface area contributed by atoms with Gasteiger partial charge in [0.2, 0.25) is 0 Å². The quantitative estimate of drug-likeness (QED) is 0.279. The Kier molecular flexibility index (Phi) is 6.60. The van der Waals surface area contributed by atoms with Crippen LogP contribution < -0.4 is 15.0 Å². The number of nitrogens with one attached hydrogen (secondary N) is 1. The molecule has 1 N–H and O–H groups in total. The first kappa shape index (κ1) is 23.5. The van der Waals surface area contributed by atoms with Crippen molar-refractivity contribution >= 4 is 35.0 Å². The lowest BCUT2D eigenvalue weighted by atomic mass is 10.2. The normalized spacial score (nSPS) is 13.3. The number of aryl methyl sites for hydroxylation is 2. The number of thioether (sulfide) groups is 1. The number of carbonyl (C=O) groups is 2. The van der Waals surface area contributed by atoms with Crippen LogP contribution in [-0.2, 0) is 9.59 Å². The topological polar surface area (TPSA) is 58.6 Å². The van der Waals surface area contributed by atoms with E-state index in [1.54, 1.807) is 24.3 Å². The molecule has 0 unspecified atom stereocenters. The van der Waals surface area contributed by atoms with Gasteiger partial charge in [-0.2, -0.15) is 0 Å². The van der Waals surface area contributed by atoms with Gasteiger partial charge in [-0.1, -0.05) is 65.4 Å². The van der Waals surface area contributed by atoms with E-state index in [0.29, 0.717) is 22.1 Å². The van der Waals surface area contributed by atoms with Crippen LogP contribution in [0.4, 0.5) is 11.4 Å². The maximum absolute atomic E-state index is 13.6. The Bertz CT molecular complexity index is 1360. The molecule has 5 rings (SSSR count). The third-order valence-corrected chi connectivity index (χ3v) is 6.77. The van der Waals surface area contributed by atoms with Crippen molar-refractivity contribution in [1.82, 2.24) is 0 Å². The molecule has 0 radical (unpaired) electrons. The van der Waals surface area contributed by atoms with Gasteiger partial charge in [0.1, 0.15) is 22.1 Å². The van der Waals surface area contributed by atoms with Crippen LogP contribution in [0.5, 0.6) is 11.5 Å². The lowest BCUT2D eigenvalue weighted by molar-refractivity contribution is -0.120. The number of nitrogens with zero attached hydrogens (tertiary/aromatic N) is 1. The fourth-order valence-electron chi connectivity index (χ4n) is 3.74. The second kappa shape index (κ2) is 10.1. The van der Waals surface area contributed by atoms with Crippen LogP contribution in [-0.4, -0.2) is 11.8 Å². The summed E-state index contributed by atoms with van der Waals surface area (Å²) < 4.78 is 5.85. The molecule has 0 saturated heterocycles. The molecule has 1 heterocycles. The highest BCUT2D eigenvalue weighted by atomic mass is 32.2. The van der Waals surface area contributed by atoms with Crippen molar-refractivity contribution in [2.75, 3.05) is 10.2 Å². The SMILES string of the molecule is Cc1ccc(NC2=C(Sc3ccc(C)cc3)C(=O)N(c3ccc(Oc4ccccc4)cc3)C2=O)cc1. The number of rotatable bonds is 7. The molecule has 0 spiro atoms. The maximum Gasteiger partial charge on any atom is 0.283 e. The molecule has 4 aromatic carbocycles. The molecule has 0 fully saturated rings. The van der Waals surface area contributed by atoms with Gasteiger partial charge in [0.25, 0.3) is 11.8 Å². The molecule has 0 saturated carbocycles. The number of hydrogen-bond donors (Lipinski definition) is 1. The van der Waals surface area contributed by atoms with Gasteiger partial charge in [-0.25, -0.2) is 4.90 Å². The Morgan fingerprint density at radius 1 is 0.667 bits per heavy atom. The first-order valence-electron chi connectivity index (χ1n) is 11.5. The highest BCUT2D eigenvalue weighted by Gasteiger charge is 2.40. The van der Waals surface area contributed by atoms with Gasteiger partial charge in [-0.05, 0) is 74.5 Å². The van der Waals surface area contributed by atoms with E-state index in [1.165, 1.54) is 16.7 Å². The summed E-state index contributed by atoms with van der Waals surface area (Å²) in [6, 6.07) is 32.0. The Hall–Kier alpha value is -4.29. The summed E-state index contributed by atoms with van der Waals surface area (Å²) in [6.45, 7) is 4.01. The molecular formula is C30H24N2O3S. The summed E-state index contributed by atoms with van der Waals surface area (Å²) in [4.78, 5) is 29.6. The summed E-state index contributed by atoms with van der Waals surface area (Å²) in [5.74, 6) is 0.565. The van der Waals surface area contributed by atoms with E-state index >= 15 is 0 Å². The van der Waals surface area contributed by atoms with Gasteiger partial charge in [-0.3, -0.25) is 9.59 Å². The van der Waals surface area contributed by atoms with Gasteiger partial charge >= 0.3 is 0 Å². The highest BCUT2D eigenvalue weighted by molar-refractivity contribution is 8.04. The predicted octanol–water partition coefficient (Wildman–Crippen LogP) is 7.08. The van der Waals surface area contributed by atoms with Crippen LogP contribution in [0.2, 0.25) is 0 Å². The van der Waals surface area contributed by atoms with Gasteiger partial charge in [0.15, 0.2) is 0 Å². The highest BCUT2D eigenvalue weighted by Crippen LogP contribution is 2.38. The van der Waals surface area contributed by atoms with E-state index in [9.17, 15) is 9.59 Å². The van der Waals surface area contributed by atoms with Crippen LogP contribution in [0.1, 0.15) is 11.1 Å². The Balaban J connectivity index is 1.44. The fourth-order valence-corrected chi connectivity index (χ4v) is 4.67. The number of amides is 2. The van der Waals surface area contributed by atoms with Crippen molar-refractivity contribution in [2.45, 2.75) is 18.7 Å². The molecule has 0 aliphatic carbocycles. The number of hydrogen-bond acceptors (Lipinski definition) is 5. The Morgan fingerprint density at radius 2 is 1.25 bits per heavy atom. The molecule has 36 heavy (non-hydrogen) atoms. The third kappa shape index (κ3) is 5.04. The predicted molar refractivity (Wildman–Crippen MR) is 144 cm³/mol. The van der Waals surface area contributed by atoms with E-state index in [0.717, 1.165) is 21.7 Å². The van der Waals surface area contributed by atoms with E-state index in [1.807, 2.05) is 92.7 Å². The second-order valence-electron chi connectivity index (χ2n) is 8.46. The summed E-state index contributed by atoms with van der Waals surface area (Å²) >= 11 is 1.29. The standard InChI is InChI=1S/C30H24N2O3S/c1-20-8-12-22(13-9-20)31-27-28(36-26-18-10-21(2)11-19-26)30(34)32(29(27)33)23-14-16-25(17-15-23)35-24-6-4-3-5-7-24/h3-19,31H,1-2H3. The molecule has 4 aromatic rings. The van der Waals surface area contributed by atoms with Crippen molar-refractivity contribution in [3.8, 4) is 11.5 Å². The molecule has 5 nitrogen and oxygen atoms in total. The minimum absolute atomic E-state index is 0.263. The number of para-hydroxylation sites is 1. The van der Waals surface area contributed by atoms with Crippen LogP contribution >= 0.6 is 11.8 Å². The van der Waals surface area contributed by atoms with Crippen molar-refractivity contribution in [3.63, 3.8) is 0 Å². The van der Waals surface area contributed by atoms with Gasteiger partial charge in [0, 0.05) is 10.6 Å². The number of ether oxygens (including phenoxy) is 1. The number of anilines is 2. The van der Waals surface area contributed by atoms with Gasteiger partial charge in [0.05, 0.1) is 5.69 Å². The lowest BCUT2D eigenvalue weighted by Gasteiger charge is -2.16. The average Bonchev–Trinajstić information content (AvgIpc) is 3.12. The lowest BCUT2D eigenvalue weighted by Crippen LogP contribution is -2.32. The minimum atomic E-state index is -0.396.